The molecule has 1 rings (SSSR count). The van der Waals surface area contributed by atoms with Gasteiger partial charge in [-0.05, 0) is 24.6 Å². The lowest BCUT2D eigenvalue weighted by Gasteiger charge is -2.22. The first-order valence-corrected chi connectivity index (χ1v) is 9.39. The van der Waals surface area contributed by atoms with E-state index in [9.17, 15) is 8.42 Å². The Labute approximate surface area is 146 Å². The van der Waals surface area contributed by atoms with Crippen LogP contribution in [0.2, 0.25) is 0 Å². The highest BCUT2D eigenvalue weighted by Crippen LogP contribution is 2.18. The highest BCUT2D eigenvalue weighted by Gasteiger charge is 2.25. The van der Waals surface area contributed by atoms with Gasteiger partial charge in [0.05, 0.1) is 23.9 Å². The third-order valence-electron chi connectivity index (χ3n) is 2.63. The van der Waals surface area contributed by atoms with Gasteiger partial charge in [-0.25, -0.2) is 8.42 Å². The molecule has 0 atom stereocenters. The highest BCUT2D eigenvalue weighted by atomic mass is 35.5. The molecule has 0 aliphatic heterocycles. The van der Waals surface area contributed by atoms with E-state index in [1.54, 1.807) is 24.3 Å². The maximum absolute atomic E-state index is 12.5. The summed E-state index contributed by atoms with van der Waals surface area (Å²) in [5.41, 5.74) is 6.04. The molecule has 0 aliphatic rings. The van der Waals surface area contributed by atoms with Crippen molar-refractivity contribution in [2.45, 2.75) is 17.5 Å². The van der Waals surface area contributed by atoms with Crippen LogP contribution in [0.15, 0.2) is 24.3 Å². The number of ether oxygens (including phenoxy) is 1. The molecule has 9 heteroatoms. The lowest BCUT2D eigenvalue weighted by molar-refractivity contribution is 0.340. The van der Waals surface area contributed by atoms with E-state index in [0.29, 0.717) is 17.9 Å². The first-order valence-electron chi connectivity index (χ1n) is 6.50. The van der Waals surface area contributed by atoms with Crippen LogP contribution in [0.25, 0.3) is 0 Å². The average Bonchev–Trinajstić information content (AvgIpc) is 2.37. The van der Waals surface area contributed by atoms with Crippen LogP contribution >= 0.6 is 35.4 Å². The van der Waals surface area contributed by atoms with Crippen molar-refractivity contribution in [3.05, 3.63) is 29.8 Å². The fraction of sp³-hybridized carbons (Fsp3) is 0.462. The molecular weight excluding hydrogens is 367 g/mol. The molecule has 0 radical (unpaired) electrons. The van der Waals surface area contributed by atoms with Crippen molar-refractivity contribution in [1.82, 2.24) is 4.31 Å². The molecule has 0 amide bonds. The Balaban J connectivity index is 2.95. The van der Waals surface area contributed by atoms with E-state index in [-0.39, 0.29) is 23.8 Å². The molecule has 0 heterocycles. The van der Waals surface area contributed by atoms with E-state index in [2.05, 4.69) is 0 Å². The third-order valence-corrected chi connectivity index (χ3v) is 4.79. The molecule has 1 aromatic carbocycles. The summed E-state index contributed by atoms with van der Waals surface area (Å²) in [7, 11) is -3.66. The van der Waals surface area contributed by atoms with Crippen molar-refractivity contribution in [3.63, 3.8) is 0 Å². The van der Waals surface area contributed by atoms with Crippen LogP contribution in [0, 0.1) is 0 Å². The summed E-state index contributed by atoms with van der Waals surface area (Å²) >= 11 is 16.2. The second kappa shape index (κ2) is 8.88. The molecule has 124 valence electrons. The summed E-state index contributed by atoms with van der Waals surface area (Å²) in [6, 6.07) is 6.89. The van der Waals surface area contributed by atoms with E-state index in [0.717, 1.165) is 4.31 Å². The Morgan fingerprint density at radius 1 is 1.45 bits per heavy atom. The van der Waals surface area contributed by atoms with Crippen LogP contribution in [-0.4, -0.2) is 42.2 Å². The molecule has 0 aromatic heterocycles. The molecule has 2 N–H and O–H groups in total. The van der Waals surface area contributed by atoms with Crippen molar-refractivity contribution in [2.75, 3.05) is 19.7 Å². The first kappa shape index (κ1) is 19.4. The fourth-order valence-corrected chi connectivity index (χ4v) is 4.03. The number of hydrogen-bond acceptors (Lipinski definition) is 4. The van der Waals surface area contributed by atoms with Crippen LogP contribution in [-0.2, 0) is 15.8 Å². The lowest BCUT2D eigenvalue weighted by atomic mass is 10.2. The zero-order chi connectivity index (χ0) is 16.8. The second-order valence-electron chi connectivity index (χ2n) is 4.49. The van der Waals surface area contributed by atoms with Gasteiger partial charge in [0, 0.05) is 6.54 Å². The Morgan fingerprint density at radius 3 is 2.68 bits per heavy atom. The maximum Gasteiger partial charge on any atom is 0.218 e. The monoisotopic (exact) mass is 384 g/mol. The maximum atomic E-state index is 12.5. The highest BCUT2D eigenvalue weighted by molar-refractivity contribution is 7.88. The van der Waals surface area contributed by atoms with Gasteiger partial charge in [0.25, 0.3) is 0 Å². The average molecular weight is 385 g/mol. The molecule has 5 nitrogen and oxygen atoms in total. The number of alkyl halides is 2. The minimum absolute atomic E-state index is 0.0561. The molecule has 1 aromatic rings. The van der Waals surface area contributed by atoms with E-state index in [1.807, 2.05) is 6.92 Å². The summed E-state index contributed by atoms with van der Waals surface area (Å²) in [5, 5.41) is 0. The molecule has 0 aliphatic carbocycles. The van der Waals surface area contributed by atoms with Crippen LogP contribution in [0.5, 0.6) is 5.75 Å². The number of sulfonamides is 1. The standard InChI is InChI=1S/C13H18Cl2N2O3S2/c1-2-20-11-5-3-4-10(6-11)9-22(18,19)17(7-12(14)15)8-13(16)21/h3-6,12H,2,7-9H2,1H3,(H2,16,21). The summed E-state index contributed by atoms with van der Waals surface area (Å²) in [6.07, 6.45) is 0. The van der Waals surface area contributed by atoms with Crippen LogP contribution in [0.3, 0.4) is 0 Å². The minimum Gasteiger partial charge on any atom is -0.494 e. The Kier molecular flexibility index (Phi) is 7.85. The SMILES string of the molecule is CCOc1cccc(CS(=O)(=O)N(CC(N)=S)CC(Cl)Cl)c1. The molecule has 0 bridgehead atoms. The van der Waals surface area contributed by atoms with Crippen molar-refractivity contribution < 1.29 is 13.2 Å². The van der Waals surface area contributed by atoms with Crippen LogP contribution < -0.4 is 10.5 Å². The molecule has 0 unspecified atom stereocenters. The second-order valence-corrected chi connectivity index (χ2v) is 8.26. The number of thiocarbonyl (C=S) groups is 1. The van der Waals surface area contributed by atoms with Gasteiger partial charge in [-0.3, -0.25) is 0 Å². The molecule has 22 heavy (non-hydrogen) atoms. The van der Waals surface area contributed by atoms with Gasteiger partial charge >= 0.3 is 0 Å². The van der Waals surface area contributed by atoms with Gasteiger partial charge in [-0.2, -0.15) is 4.31 Å². The van der Waals surface area contributed by atoms with Gasteiger partial charge in [0.1, 0.15) is 10.6 Å². The third kappa shape index (κ3) is 6.66. The van der Waals surface area contributed by atoms with E-state index >= 15 is 0 Å². The predicted octanol–water partition coefficient (Wildman–Crippen LogP) is 2.31. The predicted molar refractivity (Wildman–Crippen MR) is 94.1 cm³/mol. The number of benzene rings is 1. The van der Waals surface area contributed by atoms with Crippen molar-refractivity contribution in [2.24, 2.45) is 5.73 Å². The van der Waals surface area contributed by atoms with Gasteiger partial charge in [-0.1, -0.05) is 24.4 Å². The summed E-state index contributed by atoms with van der Waals surface area (Å²) in [6.45, 7) is 2.19. The molecule has 0 fully saturated rings. The minimum atomic E-state index is -3.66. The first-order chi connectivity index (χ1) is 10.2. The summed E-state index contributed by atoms with van der Waals surface area (Å²) in [4.78, 5) is -0.806. The molecule has 0 spiro atoms. The zero-order valence-corrected chi connectivity index (χ0v) is 15.2. The number of rotatable bonds is 9. The quantitative estimate of drug-likeness (QED) is 0.522. The topological polar surface area (TPSA) is 72.6 Å². The Hall–Kier alpha value is -0.600. The van der Waals surface area contributed by atoms with Crippen molar-refractivity contribution >= 4 is 50.4 Å². The van der Waals surface area contributed by atoms with Gasteiger partial charge in [-0.15, -0.1) is 23.2 Å². The fourth-order valence-electron chi connectivity index (χ4n) is 1.80. The normalized spacial score (nSPS) is 11.9. The van der Waals surface area contributed by atoms with E-state index in [1.165, 1.54) is 0 Å². The zero-order valence-electron chi connectivity index (χ0n) is 12.0. The van der Waals surface area contributed by atoms with Crippen molar-refractivity contribution in [1.29, 1.82) is 0 Å². The number of nitrogens with two attached hydrogens (primary N) is 1. The van der Waals surface area contributed by atoms with Gasteiger partial charge < -0.3 is 10.5 Å². The number of nitrogens with zero attached hydrogens (tertiary/aromatic N) is 1. The summed E-state index contributed by atoms with van der Waals surface area (Å²) < 4.78 is 31.4. The van der Waals surface area contributed by atoms with E-state index < -0.39 is 14.9 Å². The van der Waals surface area contributed by atoms with Gasteiger partial charge in [0.2, 0.25) is 10.0 Å². The lowest BCUT2D eigenvalue weighted by Crippen LogP contribution is -2.40. The van der Waals surface area contributed by atoms with Crippen LogP contribution in [0.4, 0.5) is 0 Å². The van der Waals surface area contributed by atoms with E-state index in [4.69, 9.17) is 45.9 Å². The molecule has 0 saturated carbocycles. The summed E-state index contributed by atoms with van der Waals surface area (Å²) in [5.74, 6) is 0.403. The van der Waals surface area contributed by atoms with Crippen molar-refractivity contribution in [3.8, 4) is 5.75 Å². The van der Waals surface area contributed by atoms with Gasteiger partial charge in [0.15, 0.2) is 0 Å². The van der Waals surface area contributed by atoms with Crippen LogP contribution in [0.1, 0.15) is 12.5 Å². The Bertz CT molecular complexity index is 609. The number of hydrogen-bond donors (Lipinski definition) is 1. The smallest absolute Gasteiger partial charge is 0.218 e. The number of halogens is 2. The molecular formula is C13H18Cl2N2O3S2. The largest absolute Gasteiger partial charge is 0.494 e. The Morgan fingerprint density at radius 2 is 2.14 bits per heavy atom. The molecule has 0 saturated heterocycles.